The maximum atomic E-state index is 12.2. The fraction of sp³-hybridized carbons (Fsp3) is 0.308. The number of amides is 1. The summed E-state index contributed by atoms with van der Waals surface area (Å²) in [5, 5.41) is 4.73. The predicted octanol–water partition coefficient (Wildman–Crippen LogP) is 2.71. The van der Waals surface area contributed by atoms with Gasteiger partial charge in [0.15, 0.2) is 6.61 Å². The first kappa shape index (κ1) is 23.4. The van der Waals surface area contributed by atoms with Gasteiger partial charge in [-0.25, -0.2) is 9.97 Å². The zero-order chi connectivity index (χ0) is 16.9. The molecular weight excluding hydrogens is 404 g/mol. The lowest BCUT2D eigenvalue weighted by molar-refractivity contribution is -0.154. The average Bonchev–Trinajstić information content (AvgIpc) is 2.99. The van der Waals surface area contributed by atoms with Crippen molar-refractivity contribution in [1.82, 2.24) is 15.3 Å². The summed E-state index contributed by atoms with van der Waals surface area (Å²) in [6.45, 7) is -1.25. The average molecular weight is 419 g/mol. The molecule has 0 bridgehead atoms. The summed E-state index contributed by atoms with van der Waals surface area (Å²) in [6, 6.07) is 3.06. The van der Waals surface area contributed by atoms with Gasteiger partial charge in [-0.1, -0.05) is 6.07 Å². The molecule has 2 heterocycles. The van der Waals surface area contributed by atoms with Crippen LogP contribution in [-0.4, -0.2) is 28.7 Å². The molecule has 6 nitrogen and oxygen atoms in total. The number of halogens is 5. The topological polar surface area (TPSA) is 90.1 Å². The van der Waals surface area contributed by atoms with Crippen molar-refractivity contribution in [1.29, 1.82) is 0 Å². The van der Waals surface area contributed by atoms with E-state index in [1.165, 1.54) is 29.7 Å². The first-order valence-corrected chi connectivity index (χ1v) is 7.33. The lowest BCUT2D eigenvalue weighted by atomic mass is 10.2. The summed E-state index contributed by atoms with van der Waals surface area (Å²) in [5.41, 5.74) is 5.95. The molecule has 0 aliphatic heterocycles. The number of pyridine rings is 1. The maximum absolute atomic E-state index is 12.2. The third kappa shape index (κ3) is 7.43. The Bertz CT molecular complexity index is 685. The molecule has 0 saturated heterocycles. The van der Waals surface area contributed by atoms with Crippen LogP contribution in [0.5, 0.6) is 5.88 Å². The van der Waals surface area contributed by atoms with Gasteiger partial charge in [0, 0.05) is 30.2 Å². The quantitative estimate of drug-likeness (QED) is 0.752. The standard InChI is InChI=1S/C13H13F3N4O2S.2ClH/c14-13(15,16)7-22-12-8(2-1-3-18-12)5-19-11(21)9-6-23-10(4-17)20-9;;/h1-3,6H,4-5,7,17H2,(H,19,21);2*1H. The van der Waals surface area contributed by atoms with Crippen LogP contribution in [0.25, 0.3) is 0 Å². The van der Waals surface area contributed by atoms with Crippen LogP contribution in [0.2, 0.25) is 0 Å². The van der Waals surface area contributed by atoms with Gasteiger partial charge in [0.25, 0.3) is 5.91 Å². The molecule has 25 heavy (non-hydrogen) atoms. The predicted molar refractivity (Wildman–Crippen MR) is 91.5 cm³/mol. The highest BCUT2D eigenvalue weighted by Crippen LogP contribution is 2.20. The van der Waals surface area contributed by atoms with Gasteiger partial charge in [-0.2, -0.15) is 13.2 Å². The molecule has 0 saturated carbocycles. The van der Waals surface area contributed by atoms with E-state index in [-0.39, 0.29) is 49.5 Å². The Morgan fingerprint density at radius 1 is 1.36 bits per heavy atom. The van der Waals surface area contributed by atoms with E-state index in [4.69, 9.17) is 5.73 Å². The van der Waals surface area contributed by atoms with Gasteiger partial charge in [-0.15, -0.1) is 36.2 Å². The van der Waals surface area contributed by atoms with Crippen molar-refractivity contribution in [2.24, 2.45) is 5.73 Å². The van der Waals surface area contributed by atoms with Crippen LogP contribution in [0.3, 0.4) is 0 Å². The Balaban J connectivity index is 0.00000288. The molecule has 3 N–H and O–H groups in total. The maximum Gasteiger partial charge on any atom is 0.422 e. The van der Waals surface area contributed by atoms with Gasteiger partial charge < -0.3 is 15.8 Å². The normalized spacial score (nSPS) is 10.4. The lowest BCUT2D eigenvalue weighted by Gasteiger charge is -2.12. The number of nitrogens with one attached hydrogen (secondary N) is 1. The van der Waals surface area contributed by atoms with Crippen LogP contribution in [0.4, 0.5) is 13.2 Å². The van der Waals surface area contributed by atoms with Gasteiger partial charge in [0.2, 0.25) is 5.88 Å². The van der Waals surface area contributed by atoms with Crippen molar-refractivity contribution in [3.05, 3.63) is 40.0 Å². The second-order valence-corrected chi connectivity index (χ2v) is 5.33. The van der Waals surface area contributed by atoms with Crippen molar-refractivity contribution in [3.8, 4) is 5.88 Å². The van der Waals surface area contributed by atoms with Crippen molar-refractivity contribution < 1.29 is 22.7 Å². The summed E-state index contributed by atoms with van der Waals surface area (Å²) in [7, 11) is 0. The molecular formula is C13H15Cl2F3N4O2S. The molecule has 0 aromatic carbocycles. The Hall–Kier alpha value is -1.62. The Kier molecular flexibility index (Phi) is 9.72. The van der Waals surface area contributed by atoms with Crippen LogP contribution >= 0.6 is 36.2 Å². The van der Waals surface area contributed by atoms with Gasteiger partial charge in [0.1, 0.15) is 10.7 Å². The summed E-state index contributed by atoms with van der Waals surface area (Å²) in [5.74, 6) is -0.627. The summed E-state index contributed by atoms with van der Waals surface area (Å²) in [4.78, 5) is 19.7. The SMILES string of the molecule is Cl.Cl.NCc1nc(C(=O)NCc2cccnc2OCC(F)(F)F)cs1. The third-order valence-corrected chi connectivity index (χ3v) is 3.49. The largest absolute Gasteiger partial charge is 0.468 e. The number of hydrogen-bond donors (Lipinski definition) is 2. The third-order valence-electron chi connectivity index (χ3n) is 2.62. The van der Waals surface area contributed by atoms with Crippen LogP contribution in [0, 0.1) is 0 Å². The van der Waals surface area contributed by atoms with Crippen molar-refractivity contribution in [3.63, 3.8) is 0 Å². The second-order valence-electron chi connectivity index (χ2n) is 4.38. The lowest BCUT2D eigenvalue weighted by Crippen LogP contribution is -2.25. The van der Waals surface area contributed by atoms with Gasteiger partial charge in [-0.05, 0) is 6.07 Å². The number of nitrogens with two attached hydrogens (primary N) is 1. The zero-order valence-corrected chi connectivity index (χ0v) is 15.0. The van der Waals surface area contributed by atoms with Crippen LogP contribution in [0.15, 0.2) is 23.7 Å². The first-order valence-electron chi connectivity index (χ1n) is 6.45. The van der Waals surface area contributed by atoms with E-state index in [1.807, 2.05) is 0 Å². The number of nitrogens with zero attached hydrogens (tertiary/aromatic N) is 2. The zero-order valence-electron chi connectivity index (χ0n) is 12.6. The van der Waals surface area contributed by atoms with E-state index in [9.17, 15) is 18.0 Å². The molecule has 0 radical (unpaired) electrons. The molecule has 140 valence electrons. The Morgan fingerprint density at radius 2 is 2.08 bits per heavy atom. The highest BCUT2D eigenvalue weighted by atomic mass is 35.5. The number of hydrogen-bond acceptors (Lipinski definition) is 6. The highest BCUT2D eigenvalue weighted by molar-refractivity contribution is 7.09. The number of aromatic nitrogens is 2. The van der Waals surface area contributed by atoms with Gasteiger partial charge >= 0.3 is 6.18 Å². The monoisotopic (exact) mass is 418 g/mol. The summed E-state index contributed by atoms with van der Waals surface area (Å²) in [6.07, 6.45) is -3.15. The highest BCUT2D eigenvalue weighted by Gasteiger charge is 2.29. The summed E-state index contributed by atoms with van der Waals surface area (Å²) < 4.78 is 41.3. The first-order chi connectivity index (χ1) is 10.9. The van der Waals surface area contributed by atoms with E-state index >= 15 is 0 Å². The number of rotatable bonds is 6. The molecule has 0 atom stereocenters. The van der Waals surface area contributed by atoms with E-state index in [1.54, 1.807) is 5.38 Å². The molecule has 2 aromatic heterocycles. The minimum Gasteiger partial charge on any atom is -0.468 e. The van der Waals surface area contributed by atoms with Crippen molar-refractivity contribution >= 4 is 42.1 Å². The Labute approximate surface area is 157 Å². The molecule has 0 fully saturated rings. The number of alkyl halides is 3. The molecule has 0 unspecified atom stereocenters. The van der Waals surface area contributed by atoms with Crippen molar-refractivity contribution in [2.75, 3.05) is 6.61 Å². The number of carbonyl (C=O) groups excluding carboxylic acids is 1. The van der Waals surface area contributed by atoms with E-state index < -0.39 is 18.7 Å². The van der Waals surface area contributed by atoms with E-state index in [0.29, 0.717) is 10.6 Å². The Morgan fingerprint density at radius 3 is 2.68 bits per heavy atom. The van der Waals surface area contributed by atoms with Crippen LogP contribution < -0.4 is 15.8 Å². The van der Waals surface area contributed by atoms with Gasteiger partial charge in [-0.3, -0.25) is 4.79 Å². The van der Waals surface area contributed by atoms with E-state index in [2.05, 4.69) is 20.0 Å². The second kappa shape index (κ2) is 10.4. The minimum absolute atomic E-state index is 0. The molecule has 0 aliphatic rings. The van der Waals surface area contributed by atoms with Crippen molar-refractivity contribution in [2.45, 2.75) is 19.3 Å². The fourth-order valence-corrected chi connectivity index (χ4v) is 2.27. The number of carbonyl (C=O) groups is 1. The minimum atomic E-state index is -4.46. The molecule has 1 amide bonds. The molecule has 12 heteroatoms. The van der Waals surface area contributed by atoms with Crippen LogP contribution in [-0.2, 0) is 13.1 Å². The molecule has 0 aliphatic carbocycles. The van der Waals surface area contributed by atoms with Gasteiger partial charge in [0.05, 0.1) is 0 Å². The molecule has 2 aromatic rings. The number of thiazole rings is 1. The summed E-state index contributed by atoms with van der Waals surface area (Å²) >= 11 is 1.25. The number of ether oxygens (including phenoxy) is 1. The van der Waals surface area contributed by atoms with E-state index in [0.717, 1.165) is 0 Å². The van der Waals surface area contributed by atoms with Crippen LogP contribution in [0.1, 0.15) is 21.1 Å². The molecule has 0 spiro atoms. The smallest absolute Gasteiger partial charge is 0.422 e. The molecule has 2 rings (SSSR count). The fourth-order valence-electron chi connectivity index (χ4n) is 1.61.